The van der Waals surface area contributed by atoms with Crippen LogP contribution in [0, 0.1) is 17.0 Å². The van der Waals surface area contributed by atoms with E-state index >= 15 is 0 Å². The van der Waals surface area contributed by atoms with Gasteiger partial charge in [-0.3, -0.25) is 14.9 Å². The van der Waals surface area contributed by atoms with E-state index in [0.29, 0.717) is 24.5 Å². The number of non-ortho nitro benzene ring substituents is 1. The van der Waals surface area contributed by atoms with Crippen LogP contribution < -0.4 is 5.32 Å². The van der Waals surface area contributed by atoms with Crippen molar-refractivity contribution in [3.05, 3.63) is 45.8 Å². The van der Waals surface area contributed by atoms with Gasteiger partial charge in [0, 0.05) is 37.8 Å². The van der Waals surface area contributed by atoms with E-state index in [1.54, 1.807) is 24.0 Å². The van der Waals surface area contributed by atoms with E-state index in [-0.39, 0.29) is 23.3 Å². The molecule has 9 nitrogen and oxygen atoms in total. The van der Waals surface area contributed by atoms with Crippen LogP contribution in [0.5, 0.6) is 0 Å². The van der Waals surface area contributed by atoms with Crippen LogP contribution in [-0.4, -0.2) is 56.4 Å². The van der Waals surface area contributed by atoms with E-state index < -0.39 is 4.92 Å². The zero-order valence-corrected chi connectivity index (χ0v) is 13.5. The second kappa shape index (κ2) is 6.36. The molecule has 0 saturated carbocycles. The second-order valence-electron chi connectivity index (χ2n) is 5.82. The maximum absolute atomic E-state index is 12.7. The van der Waals surface area contributed by atoms with Crippen molar-refractivity contribution in [1.82, 2.24) is 25.2 Å². The van der Waals surface area contributed by atoms with Crippen molar-refractivity contribution in [3.63, 3.8) is 0 Å². The molecule has 24 heavy (non-hydrogen) atoms. The molecule has 0 spiro atoms. The molecule has 1 aliphatic rings. The molecular weight excluding hydrogens is 312 g/mol. The Labute approximate surface area is 138 Å². The fourth-order valence-corrected chi connectivity index (χ4v) is 2.78. The molecule has 1 aromatic heterocycles. The Bertz CT molecular complexity index is 787. The summed E-state index contributed by atoms with van der Waals surface area (Å²) in [4.78, 5) is 24.9. The number of nitrogens with zero attached hydrogens (tertiary/aromatic N) is 5. The standard InChI is InChI=1S/C15H18N6O3/c1-10-9-19(7-6-16-10)15(22)14-11(2)20(18-17-14)12-4-3-5-13(8-12)21(23)24/h3-5,8,10,16H,6-7,9H2,1-2H3. The van der Waals surface area contributed by atoms with Gasteiger partial charge in [-0.1, -0.05) is 11.3 Å². The molecule has 1 N–H and O–H groups in total. The number of nitro groups is 1. The third kappa shape index (κ3) is 2.98. The minimum atomic E-state index is -0.468. The summed E-state index contributed by atoms with van der Waals surface area (Å²) in [6.07, 6.45) is 0. The molecular formula is C15H18N6O3. The van der Waals surface area contributed by atoms with Gasteiger partial charge in [0.25, 0.3) is 11.6 Å². The Morgan fingerprint density at radius 2 is 2.25 bits per heavy atom. The minimum Gasteiger partial charge on any atom is -0.334 e. The molecule has 1 atom stereocenters. The molecule has 2 aromatic rings. The molecule has 126 valence electrons. The highest BCUT2D eigenvalue weighted by atomic mass is 16.6. The lowest BCUT2D eigenvalue weighted by molar-refractivity contribution is -0.384. The summed E-state index contributed by atoms with van der Waals surface area (Å²) >= 11 is 0. The first-order chi connectivity index (χ1) is 11.5. The minimum absolute atomic E-state index is 0.0359. The molecule has 1 fully saturated rings. The van der Waals surface area contributed by atoms with Gasteiger partial charge in [-0.25, -0.2) is 4.68 Å². The van der Waals surface area contributed by atoms with Crippen molar-refractivity contribution in [2.45, 2.75) is 19.9 Å². The van der Waals surface area contributed by atoms with E-state index in [1.807, 2.05) is 6.92 Å². The van der Waals surface area contributed by atoms with Crippen LogP contribution in [0.15, 0.2) is 24.3 Å². The third-order valence-corrected chi connectivity index (χ3v) is 4.04. The largest absolute Gasteiger partial charge is 0.334 e. The van der Waals surface area contributed by atoms with Gasteiger partial charge in [0.2, 0.25) is 0 Å². The quantitative estimate of drug-likeness (QED) is 0.662. The highest BCUT2D eigenvalue weighted by Gasteiger charge is 2.26. The van der Waals surface area contributed by atoms with Gasteiger partial charge in [0.05, 0.1) is 16.3 Å². The van der Waals surface area contributed by atoms with Crippen LogP contribution in [0.3, 0.4) is 0 Å². The lowest BCUT2D eigenvalue weighted by Gasteiger charge is -2.31. The van der Waals surface area contributed by atoms with Gasteiger partial charge in [-0.15, -0.1) is 5.10 Å². The molecule has 1 aliphatic heterocycles. The summed E-state index contributed by atoms with van der Waals surface area (Å²) in [6, 6.07) is 6.31. The summed E-state index contributed by atoms with van der Waals surface area (Å²) in [5.74, 6) is -0.169. The Morgan fingerprint density at radius 3 is 2.96 bits per heavy atom. The molecule has 0 aliphatic carbocycles. The number of hydrogen-bond donors (Lipinski definition) is 1. The predicted molar refractivity (Wildman–Crippen MR) is 86.1 cm³/mol. The number of aromatic nitrogens is 3. The normalized spacial score (nSPS) is 17.8. The number of piperazine rings is 1. The van der Waals surface area contributed by atoms with Gasteiger partial charge in [-0.2, -0.15) is 0 Å². The van der Waals surface area contributed by atoms with Gasteiger partial charge < -0.3 is 10.2 Å². The lowest BCUT2D eigenvalue weighted by atomic mass is 10.2. The number of carbonyl (C=O) groups is 1. The molecule has 3 rings (SSSR count). The summed E-state index contributed by atoms with van der Waals surface area (Å²) in [6.45, 7) is 5.73. The van der Waals surface area contributed by atoms with Crippen molar-refractivity contribution in [3.8, 4) is 5.69 Å². The molecule has 1 saturated heterocycles. The first kappa shape index (κ1) is 16.1. The van der Waals surface area contributed by atoms with Crippen LogP contribution in [0.4, 0.5) is 5.69 Å². The maximum Gasteiger partial charge on any atom is 0.276 e. The zero-order valence-electron chi connectivity index (χ0n) is 13.5. The van der Waals surface area contributed by atoms with Gasteiger partial charge >= 0.3 is 0 Å². The van der Waals surface area contributed by atoms with Crippen LogP contribution in [-0.2, 0) is 0 Å². The monoisotopic (exact) mass is 330 g/mol. The summed E-state index contributed by atoms with van der Waals surface area (Å²) in [7, 11) is 0. The lowest BCUT2D eigenvalue weighted by Crippen LogP contribution is -2.51. The molecule has 1 aromatic carbocycles. The Hall–Kier alpha value is -2.81. The SMILES string of the molecule is Cc1c(C(=O)N2CCNC(C)C2)nnn1-c1cccc([N+](=O)[O-])c1. The topological polar surface area (TPSA) is 106 Å². The molecule has 1 amide bonds. The number of hydrogen-bond acceptors (Lipinski definition) is 6. The average Bonchev–Trinajstić information content (AvgIpc) is 2.96. The predicted octanol–water partition coefficient (Wildman–Crippen LogP) is 0.918. The smallest absolute Gasteiger partial charge is 0.276 e. The van der Waals surface area contributed by atoms with Crippen molar-refractivity contribution in [2.24, 2.45) is 0 Å². The number of amides is 1. The fourth-order valence-electron chi connectivity index (χ4n) is 2.78. The molecule has 9 heteroatoms. The number of carbonyl (C=O) groups excluding carboxylic acids is 1. The first-order valence-corrected chi connectivity index (χ1v) is 7.67. The van der Waals surface area contributed by atoms with Crippen molar-refractivity contribution in [2.75, 3.05) is 19.6 Å². The van der Waals surface area contributed by atoms with E-state index in [4.69, 9.17) is 0 Å². The highest BCUT2D eigenvalue weighted by molar-refractivity contribution is 5.93. The van der Waals surface area contributed by atoms with Crippen LogP contribution in [0.2, 0.25) is 0 Å². The van der Waals surface area contributed by atoms with Gasteiger partial charge in [0.15, 0.2) is 5.69 Å². The Balaban J connectivity index is 1.90. The number of nitrogens with one attached hydrogen (secondary N) is 1. The van der Waals surface area contributed by atoms with Crippen molar-refractivity contribution >= 4 is 11.6 Å². The molecule has 0 bridgehead atoms. The number of nitro benzene ring substituents is 1. The van der Waals surface area contributed by atoms with Gasteiger partial charge in [-0.05, 0) is 19.9 Å². The zero-order chi connectivity index (χ0) is 17.3. The number of benzene rings is 1. The van der Waals surface area contributed by atoms with E-state index in [9.17, 15) is 14.9 Å². The Morgan fingerprint density at radius 1 is 1.46 bits per heavy atom. The Kier molecular flexibility index (Phi) is 4.26. The average molecular weight is 330 g/mol. The van der Waals surface area contributed by atoms with E-state index in [1.165, 1.54) is 16.8 Å². The molecule has 2 heterocycles. The second-order valence-corrected chi connectivity index (χ2v) is 5.82. The molecule has 1 unspecified atom stereocenters. The van der Waals surface area contributed by atoms with Crippen molar-refractivity contribution < 1.29 is 9.72 Å². The molecule has 0 radical (unpaired) electrons. The summed E-state index contributed by atoms with van der Waals surface area (Å²) < 4.78 is 1.45. The van der Waals surface area contributed by atoms with Crippen molar-refractivity contribution in [1.29, 1.82) is 0 Å². The van der Waals surface area contributed by atoms with E-state index in [0.717, 1.165) is 6.54 Å². The fraction of sp³-hybridized carbons (Fsp3) is 0.400. The van der Waals surface area contributed by atoms with E-state index in [2.05, 4.69) is 15.6 Å². The summed E-state index contributed by atoms with van der Waals surface area (Å²) in [5, 5.41) is 22.2. The first-order valence-electron chi connectivity index (χ1n) is 7.67. The van der Waals surface area contributed by atoms with Crippen LogP contribution in [0.1, 0.15) is 23.1 Å². The number of rotatable bonds is 3. The highest BCUT2D eigenvalue weighted by Crippen LogP contribution is 2.19. The van der Waals surface area contributed by atoms with Gasteiger partial charge in [0.1, 0.15) is 0 Å². The summed E-state index contributed by atoms with van der Waals surface area (Å²) in [5.41, 5.74) is 1.30. The van der Waals surface area contributed by atoms with Crippen LogP contribution >= 0.6 is 0 Å². The van der Waals surface area contributed by atoms with Crippen LogP contribution in [0.25, 0.3) is 5.69 Å². The maximum atomic E-state index is 12.7. The third-order valence-electron chi connectivity index (χ3n) is 4.04.